The zero-order chi connectivity index (χ0) is 19.5. The summed E-state index contributed by atoms with van der Waals surface area (Å²) in [6, 6.07) is 3.73. The molecule has 1 aromatic carbocycles. The van der Waals surface area contributed by atoms with Crippen LogP contribution in [0.5, 0.6) is 0 Å². The topological polar surface area (TPSA) is 69.7 Å². The Kier molecular flexibility index (Phi) is 7.19. The van der Waals surface area contributed by atoms with Gasteiger partial charge in [0.25, 0.3) is 0 Å². The van der Waals surface area contributed by atoms with Gasteiger partial charge in [0.05, 0.1) is 17.0 Å². The predicted molar refractivity (Wildman–Crippen MR) is 107 cm³/mol. The number of hydrogen-bond donors (Lipinski definition) is 1. The van der Waals surface area contributed by atoms with Crippen LogP contribution in [0, 0.1) is 0 Å². The van der Waals surface area contributed by atoms with E-state index in [1.807, 2.05) is 7.05 Å². The number of benzene rings is 1. The number of rotatable bonds is 6. The third kappa shape index (κ3) is 5.25. The van der Waals surface area contributed by atoms with E-state index in [1.54, 1.807) is 13.0 Å². The molecular formula is C17H25Cl2N3O3S. The highest BCUT2D eigenvalue weighted by Gasteiger charge is 2.34. The number of likely N-dealkylation sites (tertiary alicyclic amines) is 1. The number of nitrogens with zero attached hydrogens (tertiary/aromatic N) is 2. The Labute approximate surface area is 165 Å². The fourth-order valence-electron chi connectivity index (χ4n) is 3.14. The molecule has 0 saturated carbocycles. The summed E-state index contributed by atoms with van der Waals surface area (Å²) in [5.74, 6) is -0.316. The molecule has 1 aromatic rings. The van der Waals surface area contributed by atoms with Gasteiger partial charge in [-0.25, -0.2) is 8.42 Å². The quantitative estimate of drug-likeness (QED) is 0.766. The number of nitrogens with one attached hydrogen (secondary N) is 1. The van der Waals surface area contributed by atoms with Crippen molar-refractivity contribution in [2.45, 2.75) is 38.3 Å². The van der Waals surface area contributed by atoms with Crippen LogP contribution in [-0.2, 0) is 14.8 Å². The predicted octanol–water partition coefficient (Wildman–Crippen LogP) is 2.75. The summed E-state index contributed by atoms with van der Waals surface area (Å²) in [5, 5.41) is 3.58. The molecule has 0 unspecified atom stereocenters. The lowest BCUT2D eigenvalue weighted by molar-refractivity contribution is -0.123. The molecule has 1 aliphatic heterocycles. The van der Waals surface area contributed by atoms with E-state index < -0.39 is 16.1 Å². The summed E-state index contributed by atoms with van der Waals surface area (Å²) in [5.41, 5.74) is 0.215. The van der Waals surface area contributed by atoms with Crippen LogP contribution < -0.4 is 9.62 Å². The minimum absolute atomic E-state index is 0.0454. The van der Waals surface area contributed by atoms with Crippen LogP contribution in [0.4, 0.5) is 5.69 Å². The van der Waals surface area contributed by atoms with Crippen molar-refractivity contribution >= 4 is 44.8 Å². The molecule has 0 spiro atoms. The van der Waals surface area contributed by atoms with Crippen molar-refractivity contribution < 1.29 is 13.2 Å². The van der Waals surface area contributed by atoms with Gasteiger partial charge in [-0.1, -0.05) is 30.1 Å². The molecule has 146 valence electrons. The zero-order valence-corrected chi connectivity index (χ0v) is 17.5. The van der Waals surface area contributed by atoms with Gasteiger partial charge in [-0.05, 0) is 57.6 Å². The smallest absolute Gasteiger partial charge is 0.244 e. The molecule has 1 aliphatic rings. The monoisotopic (exact) mass is 421 g/mol. The highest BCUT2D eigenvalue weighted by Crippen LogP contribution is 2.33. The van der Waals surface area contributed by atoms with E-state index in [-0.39, 0.29) is 22.7 Å². The first-order valence-corrected chi connectivity index (χ1v) is 11.2. The van der Waals surface area contributed by atoms with E-state index in [0.29, 0.717) is 11.4 Å². The van der Waals surface area contributed by atoms with Crippen LogP contribution >= 0.6 is 23.2 Å². The normalized spacial score (nSPS) is 17.7. The minimum Gasteiger partial charge on any atom is -0.351 e. The van der Waals surface area contributed by atoms with Gasteiger partial charge in [0.15, 0.2) is 0 Å². The average Bonchev–Trinajstić information content (AvgIpc) is 2.56. The Morgan fingerprint density at radius 2 is 1.96 bits per heavy atom. The van der Waals surface area contributed by atoms with E-state index in [0.717, 1.165) is 36.5 Å². The first-order chi connectivity index (χ1) is 12.1. The summed E-state index contributed by atoms with van der Waals surface area (Å²) in [4.78, 5) is 15.1. The van der Waals surface area contributed by atoms with Gasteiger partial charge in [-0.2, -0.15) is 0 Å². The van der Waals surface area contributed by atoms with E-state index in [4.69, 9.17) is 23.2 Å². The summed E-state index contributed by atoms with van der Waals surface area (Å²) < 4.78 is 26.0. The molecule has 0 aromatic heterocycles. The molecule has 0 bridgehead atoms. The molecule has 1 N–H and O–H groups in total. The maximum atomic E-state index is 12.9. The van der Waals surface area contributed by atoms with Crippen LogP contribution in [0.25, 0.3) is 0 Å². The van der Waals surface area contributed by atoms with Crippen molar-refractivity contribution in [2.24, 2.45) is 0 Å². The zero-order valence-electron chi connectivity index (χ0n) is 15.2. The van der Waals surface area contributed by atoms with Gasteiger partial charge in [0.2, 0.25) is 15.9 Å². The van der Waals surface area contributed by atoms with E-state index in [9.17, 15) is 13.2 Å². The average molecular weight is 422 g/mol. The number of carbonyl (C=O) groups is 1. The molecule has 2 rings (SSSR count). The van der Waals surface area contributed by atoms with Crippen molar-refractivity contribution in [3.05, 3.63) is 28.2 Å². The van der Waals surface area contributed by atoms with E-state index in [2.05, 4.69) is 10.2 Å². The van der Waals surface area contributed by atoms with E-state index in [1.165, 1.54) is 12.1 Å². The maximum Gasteiger partial charge on any atom is 0.244 e. The molecule has 26 heavy (non-hydrogen) atoms. The summed E-state index contributed by atoms with van der Waals surface area (Å²) in [6.45, 7) is 3.57. The summed E-state index contributed by atoms with van der Waals surface area (Å²) in [6.07, 6.45) is 3.06. The van der Waals surface area contributed by atoms with Gasteiger partial charge in [-0.15, -0.1) is 0 Å². The first-order valence-electron chi connectivity index (χ1n) is 8.56. The Hall–Kier alpha value is -1.02. The van der Waals surface area contributed by atoms with Crippen molar-refractivity contribution in [1.29, 1.82) is 0 Å². The van der Waals surface area contributed by atoms with Crippen LogP contribution in [-0.4, -0.2) is 57.7 Å². The first kappa shape index (κ1) is 21.3. The standard InChI is InChI=1S/C17H25Cl2N3O3S/c1-4-15(17(23)20-13-7-9-21(2)10-8-13)22(26(3,24)25)16-11-12(18)5-6-14(16)19/h5-6,11,13,15H,4,7-10H2,1-3H3,(H,20,23)/t15-/m0/s1. The molecule has 1 amide bonds. The molecule has 1 heterocycles. The van der Waals surface area contributed by atoms with Gasteiger partial charge in [0, 0.05) is 11.1 Å². The molecule has 1 fully saturated rings. The number of piperidine rings is 1. The van der Waals surface area contributed by atoms with Crippen LogP contribution in [0.2, 0.25) is 10.0 Å². The molecule has 0 radical (unpaired) electrons. The maximum absolute atomic E-state index is 12.9. The van der Waals surface area contributed by atoms with Gasteiger partial charge >= 0.3 is 0 Å². The third-order valence-corrected chi connectivity index (χ3v) is 6.26. The SMILES string of the molecule is CC[C@@H](C(=O)NC1CCN(C)CC1)N(c1cc(Cl)ccc1Cl)S(C)(=O)=O. The van der Waals surface area contributed by atoms with Crippen molar-refractivity contribution in [3.8, 4) is 0 Å². The highest BCUT2D eigenvalue weighted by molar-refractivity contribution is 7.92. The van der Waals surface area contributed by atoms with Gasteiger partial charge in [-0.3, -0.25) is 9.10 Å². The fraction of sp³-hybridized carbons (Fsp3) is 0.588. The second-order valence-corrected chi connectivity index (χ2v) is 9.37. The van der Waals surface area contributed by atoms with E-state index >= 15 is 0 Å². The van der Waals surface area contributed by atoms with Gasteiger partial charge < -0.3 is 10.2 Å². The number of hydrogen-bond acceptors (Lipinski definition) is 4. The van der Waals surface area contributed by atoms with Gasteiger partial charge in [0.1, 0.15) is 6.04 Å². The second-order valence-electron chi connectivity index (χ2n) is 6.66. The second kappa shape index (κ2) is 8.78. The number of halogens is 2. The third-order valence-electron chi connectivity index (χ3n) is 4.54. The number of sulfonamides is 1. The molecule has 6 nitrogen and oxygen atoms in total. The summed E-state index contributed by atoms with van der Waals surface area (Å²) in [7, 11) is -1.70. The van der Waals surface area contributed by atoms with Crippen LogP contribution in [0.1, 0.15) is 26.2 Å². The molecule has 0 aliphatic carbocycles. The lowest BCUT2D eigenvalue weighted by Crippen LogP contribution is -2.53. The molecule has 1 saturated heterocycles. The Morgan fingerprint density at radius 1 is 1.35 bits per heavy atom. The molecular weight excluding hydrogens is 397 g/mol. The molecule has 9 heteroatoms. The molecule has 1 atom stereocenters. The fourth-order valence-corrected chi connectivity index (χ4v) is 4.78. The van der Waals surface area contributed by atoms with Crippen LogP contribution in [0.3, 0.4) is 0 Å². The minimum atomic E-state index is -3.74. The number of anilines is 1. The lowest BCUT2D eigenvalue weighted by atomic mass is 10.0. The highest BCUT2D eigenvalue weighted by atomic mass is 35.5. The van der Waals surface area contributed by atoms with Crippen molar-refractivity contribution in [3.63, 3.8) is 0 Å². The Morgan fingerprint density at radius 3 is 2.50 bits per heavy atom. The largest absolute Gasteiger partial charge is 0.351 e. The number of amides is 1. The Balaban J connectivity index is 2.30. The van der Waals surface area contributed by atoms with Crippen molar-refractivity contribution in [2.75, 3.05) is 30.7 Å². The van der Waals surface area contributed by atoms with Crippen LogP contribution in [0.15, 0.2) is 18.2 Å². The lowest BCUT2D eigenvalue weighted by Gasteiger charge is -2.34. The number of carbonyl (C=O) groups excluding carboxylic acids is 1. The van der Waals surface area contributed by atoms with Crippen molar-refractivity contribution in [1.82, 2.24) is 10.2 Å². The Bertz CT molecular complexity index is 750. The summed E-state index contributed by atoms with van der Waals surface area (Å²) >= 11 is 12.2.